The van der Waals surface area contributed by atoms with Gasteiger partial charge in [-0.15, -0.1) is 30.0 Å². The predicted octanol–water partition coefficient (Wildman–Crippen LogP) is 4.17. The molecule has 6 heteroatoms. The maximum atomic E-state index is 5.74. The number of aryl methyl sites for hydroxylation is 1. The summed E-state index contributed by atoms with van der Waals surface area (Å²) in [5, 5.41) is 3.27. The van der Waals surface area contributed by atoms with Crippen molar-refractivity contribution in [1.29, 1.82) is 0 Å². The van der Waals surface area contributed by atoms with E-state index >= 15 is 0 Å². The van der Waals surface area contributed by atoms with E-state index in [1.54, 1.807) is 18.3 Å². The Morgan fingerprint density at radius 1 is 1.19 bits per heavy atom. The van der Waals surface area contributed by atoms with E-state index in [4.69, 9.17) is 16.3 Å². The van der Waals surface area contributed by atoms with Crippen molar-refractivity contribution in [2.24, 2.45) is 4.99 Å². The fraction of sp³-hybridized carbons (Fsp3) is 0.280. The van der Waals surface area contributed by atoms with Gasteiger partial charge in [-0.2, -0.15) is 6.72 Å². The van der Waals surface area contributed by atoms with E-state index in [0.29, 0.717) is 11.8 Å². The van der Waals surface area contributed by atoms with E-state index in [1.807, 2.05) is 11.8 Å². The van der Waals surface area contributed by atoms with Gasteiger partial charge < -0.3 is 22.0 Å². The van der Waals surface area contributed by atoms with Crippen molar-refractivity contribution in [2.75, 3.05) is 6.61 Å². The van der Waals surface area contributed by atoms with E-state index in [9.17, 15) is 0 Å². The number of hydrogen-bond acceptors (Lipinski definition) is 5. The minimum Gasteiger partial charge on any atom is -0.598 e. The van der Waals surface area contributed by atoms with Gasteiger partial charge in [-0.1, -0.05) is 42.0 Å². The first-order chi connectivity index (χ1) is 14.5. The number of aliphatic imine (C=N–C) groups is 1. The van der Waals surface area contributed by atoms with Crippen LogP contribution < -0.4 is 29.6 Å². The van der Waals surface area contributed by atoms with Gasteiger partial charge in [-0.3, -0.25) is 0 Å². The molecular weight excluding hydrogens is 431 g/mol. The van der Waals surface area contributed by atoms with Gasteiger partial charge in [0.15, 0.2) is 0 Å². The Morgan fingerprint density at radius 2 is 1.87 bits per heavy atom. The average molecular weight is 458 g/mol. The zero-order valence-corrected chi connectivity index (χ0v) is 22.0. The van der Waals surface area contributed by atoms with Crippen molar-refractivity contribution in [3.8, 4) is 10.6 Å². The molecule has 0 aliphatic carbocycles. The van der Waals surface area contributed by atoms with Crippen LogP contribution in [-0.2, 0) is 10.5 Å². The zero-order valence-electron chi connectivity index (χ0n) is 18.4. The first kappa shape index (κ1) is 26.0. The normalized spacial score (nSPS) is 14.8. The minimum atomic E-state index is 0. The molecule has 0 radical (unpaired) electrons. The molecule has 2 aromatic carbocycles. The van der Waals surface area contributed by atoms with Crippen LogP contribution >= 0.6 is 23.1 Å². The molecule has 156 valence electrons. The Labute approximate surface area is 216 Å². The fourth-order valence-electron chi connectivity index (χ4n) is 2.98. The fourth-order valence-corrected chi connectivity index (χ4v) is 4.70. The Hall–Kier alpha value is -1.21. The molecule has 1 unspecified atom stereocenters. The van der Waals surface area contributed by atoms with E-state index in [-0.39, 0.29) is 29.6 Å². The summed E-state index contributed by atoms with van der Waals surface area (Å²) in [5.41, 5.74) is 5.34. The SMILES string of the molecule is Cc1ccc(-c2nc(CSc3ccc(C4CCCO4)cc3)cs2)cc1.[CH-]=NC(=[CH-])C.[Na+]. The first-order valence-electron chi connectivity index (χ1n) is 9.91. The number of thioether (sulfide) groups is 1. The van der Waals surface area contributed by atoms with Crippen LogP contribution in [0.1, 0.15) is 42.7 Å². The standard InChI is InChI=1S/C21H21NOS2.C4H5N.Na/c1-15-4-6-17(7-5-15)21-22-18(14-25-21)13-24-19-10-8-16(9-11-19)20-3-2-12-23-20;1-4(2)5-3;/h4-11,14,20H,2-3,12-13H2,1H3;1,3H,2H3;/q;-2;+1. The van der Waals surface area contributed by atoms with Gasteiger partial charge in [0, 0.05) is 28.2 Å². The molecule has 1 atom stereocenters. The molecule has 1 fully saturated rings. The number of nitrogens with zero attached hydrogens (tertiary/aromatic N) is 2. The molecular formula is C25H26N2NaOS2-. The van der Waals surface area contributed by atoms with Crippen molar-refractivity contribution in [1.82, 2.24) is 4.98 Å². The molecule has 1 aromatic heterocycles. The number of thiazole rings is 1. The van der Waals surface area contributed by atoms with Crippen LogP contribution in [0.5, 0.6) is 0 Å². The van der Waals surface area contributed by atoms with Gasteiger partial charge in [0.1, 0.15) is 5.01 Å². The van der Waals surface area contributed by atoms with Crippen LogP contribution in [0.2, 0.25) is 0 Å². The summed E-state index contributed by atoms with van der Waals surface area (Å²) in [5.74, 6) is 0.904. The molecule has 4 rings (SSSR count). The summed E-state index contributed by atoms with van der Waals surface area (Å²) in [6, 6.07) is 17.4. The maximum absolute atomic E-state index is 5.74. The Balaban J connectivity index is 0.000000514. The number of hydrogen-bond donors (Lipinski definition) is 0. The molecule has 0 bridgehead atoms. The topological polar surface area (TPSA) is 34.5 Å². The van der Waals surface area contributed by atoms with Crippen molar-refractivity contribution < 1.29 is 34.3 Å². The Kier molecular flexibility index (Phi) is 11.2. The summed E-state index contributed by atoms with van der Waals surface area (Å²) in [7, 11) is 0. The molecule has 31 heavy (non-hydrogen) atoms. The van der Waals surface area contributed by atoms with Gasteiger partial charge in [0.25, 0.3) is 0 Å². The quantitative estimate of drug-likeness (QED) is 0.241. The van der Waals surface area contributed by atoms with E-state index in [1.165, 1.54) is 28.0 Å². The molecule has 0 spiro atoms. The maximum Gasteiger partial charge on any atom is 1.00 e. The Bertz CT molecular complexity index is 962. The molecule has 2 heterocycles. The molecule has 1 saturated heterocycles. The molecule has 0 amide bonds. The smallest absolute Gasteiger partial charge is 0.598 e. The molecule has 0 N–H and O–H groups in total. The van der Waals surface area contributed by atoms with E-state index < -0.39 is 0 Å². The largest absolute Gasteiger partial charge is 1.00 e. The number of rotatable bonds is 6. The van der Waals surface area contributed by atoms with Gasteiger partial charge in [-0.25, -0.2) is 4.98 Å². The van der Waals surface area contributed by atoms with Crippen molar-refractivity contribution >= 4 is 29.8 Å². The molecule has 0 saturated carbocycles. The third kappa shape index (κ3) is 8.33. The van der Waals surface area contributed by atoms with Crippen molar-refractivity contribution in [3.05, 3.63) is 83.0 Å². The minimum absolute atomic E-state index is 0. The predicted molar refractivity (Wildman–Crippen MR) is 128 cm³/mol. The van der Waals surface area contributed by atoms with E-state index in [0.717, 1.165) is 29.5 Å². The first-order valence-corrected chi connectivity index (χ1v) is 11.8. The average Bonchev–Trinajstić information content (AvgIpc) is 3.46. The van der Waals surface area contributed by atoms with Crippen LogP contribution in [0, 0.1) is 13.5 Å². The second-order valence-electron chi connectivity index (χ2n) is 7.14. The number of aromatic nitrogens is 1. The van der Waals surface area contributed by atoms with Crippen LogP contribution in [0.3, 0.4) is 0 Å². The summed E-state index contributed by atoms with van der Waals surface area (Å²) in [6.07, 6.45) is 2.62. The third-order valence-corrected chi connectivity index (χ3v) is 6.61. The second-order valence-corrected chi connectivity index (χ2v) is 9.05. The summed E-state index contributed by atoms with van der Waals surface area (Å²) >= 11 is 3.56. The van der Waals surface area contributed by atoms with E-state index in [2.05, 4.69) is 72.5 Å². The number of ether oxygens (including phenoxy) is 1. The molecule has 1 aliphatic heterocycles. The summed E-state index contributed by atoms with van der Waals surface area (Å²) in [4.78, 5) is 9.15. The second kappa shape index (κ2) is 13.4. The molecule has 1 aliphatic rings. The molecule has 3 nitrogen and oxygen atoms in total. The third-order valence-electron chi connectivity index (χ3n) is 4.62. The summed E-state index contributed by atoms with van der Waals surface area (Å²) < 4.78 is 5.74. The summed E-state index contributed by atoms with van der Waals surface area (Å²) in [6.45, 7) is 14.2. The van der Waals surface area contributed by atoms with Crippen molar-refractivity contribution in [3.63, 3.8) is 0 Å². The van der Waals surface area contributed by atoms with Crippen LogP contribution in [0.15, 0.2) is 69.5 Å². The molecule has 3 aromatic rings. The van der Waals surface area contributed by atoms with Gasteiger partial charge in [-0.05, 0) is 37.5 Å². The van der Waals surface area contributed by atoms with Gasteiger partial charge >= 0.3 is 29.6 Å². The zero-order chi connectivity index (χ0) is 21.3. The number of benzene rings is 2. The van der Waals surface area contributed by atoms with Crippen LogP contribution in [0.4, 0.5) is 0 Å². The van der Waals surface area contributed by atoms with Gasteiger partial charge in [0.2, 0.25) is 0 Å². The number of allylic oxidation sites excluding steroid dienone is 1. The van der Waals surface area contributed by atoms with Crippen LogP contribution in [-0.4, -0.2) is 18.3 Å². The van der Waals surface area contributed by atoms with Crippen molar-refractivity contribution in [2.45, 2.75) is 43.4 Å². The Morgan fingerprint density at radius 3 is 2.45 bits per heavy atom. The monoisotopic (exact) mass is 457 g/mol. The van der Waals surface area contributed by atoms with Gasteiger partial charge in [0.05, 0.1) is 11.8 Å². The van der Waals surface area contributed by atoms with Crippen LogP contribution in [0.25, 0.3) is 10.6 Å².